The number of aliphatic hydroxyl groups excluding tert-OH is 2. The molecule has 4 aliphatic carbocycles. The van der Waals surface area contributed by atoms with Gasteiger partial charge in [-0.2, -0.15) is 0 Å². The zero-order chi connectivity index (χ0) is 23.8. The molecule has 3 saturated carbocycles. The van der Waals surface area contributed by atoms with Gasteiger partial charge >= 0.3 is 0 Å². The number of aliphatic hydroxyl groups is 3. The molecule has 0 aromatic rings. The van der Waals surface area contributed by atoms with Gasteiger partial charge in [0.05, 0.1) is 23.9 Å². The van der Waals surface area contributed by atoms with Gasteiger partial charge in [-0.1, -0.05) is 13.8 Å². The maximum absolute atomic E-state index is 13.3. The largest absolute Gasteiger partial charge is 0.390 e. The highest BCUT2D eigenvalue weighted by atomic mass is 16.5. The average molecular weight is 462 g/mol. The van der Waals surface area contributed by atoms with Gasteiger partial charge in [0, 0.05) is 30.5 Å². The summed E-state index contributed by atoms with van der Waals surface area (Å²) in [6.07, 6.45) is 6.91. The highest BCUT2D eigenvalue weighted by Crippen LogP contribution is 2.67. The number of nitrogens with zero attached hydrogens (tertiary/aromatic N) is 1. The van der Waals surface area contributed by atoms with Crippen LogP contribution in [0.25, 0.3) is 0 Å². The average Bonchev–Trinajstić information content (AvgIpc) is 3.35. The molecule has 6 heteroatoms. The van der Waals surface area contributed by atoms with Crippen molar-refractivity contribution in [1.29, 1.82) is 0 Å². The molecule has 186 valence electrons. The zero-order valence-electron chi connectivity index (χ0n) is 20.8. The van der Waals surface area contributed by atoms with E-state index in [-0.39, 0.29) is 23.0 Å². The van der Waals surface area contributed by atoms with Crippen molar-refractivity contribution in [2.75, 3.05) is 20.2 Å². The van der Waals surface area contributed by atoms with Gasteiger partial charge in [0.1, 0.15) is 0 Å². The normalized spacial score (nSPS) is 50.5. The summed E-state index contributed by atoms with van der Waals surface area (Å²) < 4.78 is 5.87. The lowest BCUT2D eigenvalue weighted by atomic mass is 9.46. The smallest absolute Gasteiger partial charge is 0.159 e. The van der Waals surface area contributed by atoms with Crippen molar-refractivity contribution in [3.05, 3.63) is 11.6 Å². The monoisotopic (exact) mass is 461 g/mol. The van der Waals surface area contributed by atoms with Gasteiger partial charge < -0.3 is 25.0 Å². The predicted octanol–water partition coefficient (Wildman–Crippen LogP) is 2.69. The Bertz CT molecular complexity index is 823. The van der Waals surface area contributed by atoms with Crippen LogP contribution in [0.1, 0.15) is 72.1 Å². The van der Waals surface area contributed by atoms with Crippen molar-refractivity contribution in [1.82, 2.24) is 4.90 Å². The fraction of sp³-hybridized carbons (Fsp3) is 0.889. The molecule has 0 bridgehead atoms. The molecule has 1 heterocycles. The van der Waals surface area contributed by atoms with Crippen molar-refractivity contribution in [3.8, 4) is 0 Å². The number of ketones is 1. The Kier molecular flexibility index (Phi) is 5.89. The molecule has 5 aliphatic rings. The van der Waals surface area contributed by atoms with Gasteiger partial charge in [-0.25, -0.2) is 0 Å². The Balaban J connectivity index is 1.43. The molecule has 1 aliphatic heterocycles. The quantitative estimate of drug-likeness (QED) is 0.596. The lowest BCUT2D eigenvalue weighted by Gasteiger charge is -2.60. The Morgan fingerprint density at radius 1 is 1.15 bits per heavy atom. The van der Waals surface area contributed by atoms with Crippen LogP contribution in [-0.4, -0.2) is 76.2 Å². The van der Waals surface area contributed by atoms with E-state index in [4.69, 9.17) is 4.74 Å². The first-order valence-electron chi connectivity index (χ1n) is 13.2. The van der Waals surface area contributed by atoms with Crippen LogP contribution in [0.2, 0.25) is 0 Å². The molecule has 4 unspecified atom stereocenters. The van der Waals surface area contributed by atoms with Crippen LogP contribution in [0.4, 0.5) is 0 Å². The van der Waals surface area contributed by atoms with Gasteiger partial charge in [0.2, 0.25) is 0 Å². The third-order valence-electron chi connectivity index (χ3n) is 11.0. The third-order valence-corrected chi connectivity index (χ3v) is 11.0. The van der Waals surface area contributed by atoms with Crippen molar-refractivity contribution >= 4 is 5.78 Å². The lowest BCUT2D eigenvalue weighted by molar-refractivity contribution is -0.153. The van der Waals surface area contributed by atoms with E-state index in [1.54, 1.807) is 6.08 Å². The van der Waals surface area contributed by atoms with Crippen molar-refractivity contribution in [3.63, 3.8) is 0 Å². The minimum absolute atomic E-state index is 0.0272. The van der Waals surface area contributed by atoms with Gasteiger partial charge in [-0.05, 0) is 94.2 Å². The Morgan fingerprint density at radius 3 is 2.61 bits per heavy atom. The summed E-state index contributed by atoms with van der Waals surface area (Å²) in [5.41, 5.74) is -0.753. The molecule has 3 N–H and O–H groups in total. The fourth-order valence-electron chi connectivity index (χ4n) is 8.77. The second-order valence-electron chi connectivity index (χ2n) is 12.5. The van der Waals surface area contributed by atoms with E-state index in [2.05, 4.69) is 32.7 Å². The summed E-state index contributed by atoms with van der Waals surface area (Å²) in [6, 6.07) is 0.319. The van der Waals surface area contributed by atoms with Crippen LogP contribution >= 0.6 is 0 Å². The van der Waals surface area contributed by atoms with Crippen LogP contribution in [0.15, 0.2) is 11.6 Å². The molecule has 0 radical (unpaired) electrons. The van der Waals surface area contributed by atoms with Crippen molar-refractivity contribution in [2.24, 2.45) is 28.6 Å². The zero-order valence-corrected chi connectivity index (χ0v) is 20.8. The maximum Gasteiger partial charge on any atom is 0.159 e. The van der Waals surface area contributed by atoms with E-state index in [0.717, 1.165) is 50.8 Å². The second kappa shape index (κ2) is 8.12. The minimum Gasteiger partial charge on any atom is -0.390 e. The molecule has 4 fully saturated rings. The molecule has 0 spiro atoms. The molecule has 33 heavy (non-hydrogen) atoms. The number of carbonyl (C=O) groups is 1. The first-order chi connectivity index (χ1) is 15.5. The Labute approximate surface area is 198 Å². The number of carbonyl (C=O) groups excluding carboxylic acids is 1. The molecular formula is C27H43NO5. The topological polar surface area (TPSA) is 90.2 Å². The fourth-order valence-corrected chi connectivity index (χ4v) is 8.77. The van der Waals surface area contributed by atoms with E-state index in [1.807, 2.05) is 0 Å². The standard InChI is InChI=1S/C27H43NO5/c1-16(28(4)15-17-6-5-11-33-17)18-8-10-27(32)20-12-22(29)21-13-23(30)24(31)14-25(21,2)19(20)7-9-26(18,27)3/h12,16-19,21,23-24,30-32H,5-11,13-15H2,1-4H3/t16?,17?,18?,19?,21-,23+,24-,25+,26+,27+/m0/s1. The van der Waals surface area contributed by atoms with Crippen LogP contribution in [0, 0.1) is 28.6 Å². The third kappa shape index (κ3) is 3.42. The van der Waals surface area contributed by atoms with Crippen LogP contribution in [0.5, 0.6) is 0 Å². The van der Waals surface area contributed by atoms with Crippen LogP contribution < -0.4 is 0 Å². The number of likely N-dealkylation sites (N-methyl/N-ethyl adjacent to an activating group) is 1. The number of ether oxygens (including phenoxy) is 1. The van der Waals surface area contributed by atoms with Crippen LogP contribution in [0.3, 0.4) is 0 Å². The molecule has 10 atom stereocenters. The Morgan fingerprint density at radius 2 is 1.91 bits per heavy atom. The maximum atomic E-state index is 13.3. The van der Waals surface area contributed by atoms with Gasteiger partial charge in [-0.3, -0.25) is 4.79 Å². The van der Waals surface area contributed by atoms with Gasteiger partial charge in [-0.15, -0.1) is 0 Å². The summed E-state index contributed by atoms with van der Waals surface area (Å²) in [7, 11) is 2.18. The number of allylic oxidation sites excluding steroid dienone is 1. The van der Waals surface area contributed by atoms with Gasteiger partial charge in [0.15, 0.2) is 5.78 Å². The first-order valence-corrected chi connectivity index (χ1v) is 13.2. The summed E-state index contributed by atoms with van der Waals surface area (Å²) >= 11 is 0. The molecule has 5 rings (SSSR count). The molecule has 0 aromatic heterocycles. The predicted molar refractivity (Wildman–Crippen MR) is 126 cm³/mol. The lowest BCUT2D eigenvalue weighted by Crippen LogP contribution is -2.61. The molecule has 1 saturated heterocycles. The highest BCUT2D eigenvalue weighted by Gasteiger charge is 2.67. The number of rotatable bonds is 4. The van der Waals surface area contributed by atoms with Crippen molar-refractivity contribution < 1.29 is 24.9 Å². The van der Waals surface area contributed by atoms with E-state index in [1.165, 1.54) is 0 Å². The number of hydrogen-bond acceptors (Lipinski definition) is 6. The SMILES string of the molecule is CC(C1CC[C@@]2(O)C3=CC(=O)[C@@H]4C[C@@H](O)[C@@H](O)C[C@]4(C)C3CC[C@]12C)N(C)CC1CCCO1. The van der Waals surface area contributed by atoms with E-state index >= 15 is 0 Å². The highest BCUT2D eigenvalue weighted by molar-refractivity contribution is 5.95. The van der Waals surface area contributed by atoms with Crippen molar-refractivity contribution in [2.45, 2.75) is 102 Å². The molecule has 6 nitrogen and oxygen atoms in total. The second-order valence-corrected chi connectivity index (χ2v) is 12.5. The van der Waals surface area contributed by atoms with E-state index in [9.17, 15) is 20.1 Å². The molecular weight excluding hydrogens is 418 g/mol. The summed E-state index contributed by atoms with van der Waals surface area (Å²) in [6.45, 7) is 8.44. The number of hydrogen-bond donors (Lipinski definition) is 3. The van der Waals surface area contributed by atoms with Crippen LogP contribution in [-0.2, 0) is 9.53 Å². The minimum atomic E-state index is -0.982. The van der Waals surface area contributed by atoms with E-state index < -0.39 is 23.2 Å². The molecule has 0 aromatic carbocycles. The summed E-state index contributed by atoms with van der Waals surface area (Å²) in [4.78, 5) is 15.7. The first kappa shape index (κ1) is 23.9. The summed E-state index contributed by atoms with van der Waals surface area (Å²) in [5.74, 6) is 0.180. The number of fused-ring (bicyclic) bond motifs is 5. The molecule has 0 amide bonds. The van der Waals surface area contributed by atoms with E-state index in [0.29, 0.717) is 37.3 Å². The summed E-state index contributed by atoms with van der Waals surface area (Å²) in [5, 5.41) is 33.1. The Hall–Kier alpha value is -0.790. The van der Waals surface area contributed by atoms with Gasteiger partial charge in [0.25, 0.3) is 0 Å².